The monoisotopic (exact) mass is 432 g/mol. The van der Waals surface area contributed by atoms with Gasteiger partial charge in [0, 0.05) is 25.0 Å². The summed E-state index contributed by atoms with van der Waals surface area (Å²) in [5, 5.41) is 7.73. The molecule has 0 bridgehead atoms. The van der Waals surface area contributed by atoms with Gasteiger partial charge in [-0.2, -0.15) is 0 Å². The summed E-state index contributed by atoms with van der Waals surface area (Å²) < 4.78 is 10.9. The fourth-order valence-corrected chi connectivity index (χ4v) is 4.00. The molecule has 0 radical (unpaired) electrons. The second kappa shape index (κ2) is 10.5. The van der Waals surface area contributed by atoms with Crippen molar-refractivity contribution in [3.63, 3.8) is 0 Å². The highest BCUT2D eigenvalue weighted by molar-refractivity contribution is 7.13. The number of benzene rings is 1. The highest BCUT2D eigenvalue weighted by Crippen LogP contribution is 2.19. The van der Waals surface area contributed by atoms with E-state index in [9.17, 15) is 9.59 Å². The Bertz CT molecular complexity index is 835. The van der Waals surface area contributed by atoms with Crippen LogP contribution in [-0.2, 0) is 27.4 Å². The lowest BCUT2D eigenvalue weighted by molar-refractivity contribution is -0.117. The molecule has 8 nitrogen and oxygen atoms in total. The van der Waals surface area contributed by atoms with E-state index in [4.69, 9.17) is 9.47 Å². The lowest BCUT2D eigenvalue weighted by atomic mass is 10.2. The minimum absolute atomic E-state index is 0.148. The van der Waals surface area contributed by atoms with Crippen LogP contribution in [0.4, 0.5) is 9.93 Å². The summed E-state index contributed by atoms with van der Waals surface area (Å²) in [5.74, 6) is -0.346. The third kappa shape index (κ3) is 6.79. The highest BCUT2D eigenvalue weighted by Gasteiger charge is 2.23. The van der Waals surface area contributed by atoms with Crippen molar-refractivity contribution in [2.75, 3.05) is 18.4 Å². The smallest absolute Gasteiger partial charge is 0.408 e. The molecule has 0 aliphatic carbocycles. The van der Waals surface area contributed by atoms with Gasteiger partial charge >= 0.3 is 6.09 Å². The van der Waals surface area contributed by atoms with E-state index in [0.717, 1.165) is 24.3 Å². The average molecular weight is 433 g/mol. The number of nitrogens with one attached hydrogen (secondary N) is 2. The van der Waals surface area contributed by atoms with Crippen LogP contribution in [0.2, 0.25) is 0 Å². The van der Waals surface area contributed by atoms with E-state index in [1.807, 2.05) is 35.7 Å². The molecule has 9 heteroatoms. The molecule has 0 spiro atoms. The number of hydrogen-bond donors (Lipinski definition) is 2. The van der Waals surface area contributed by atoms with Crippen LogP contribution in [0.5, 0.6) is 0 Å². The fourth-order valence-electron chi connectivity index (χ4n) is 3.30. The molecule has 1 saturated heterocycles. The van der Waals surface area contributed by atoms with E-state index >= 15 is 0 Å². The Kier molecular flexibility index (Phi) is 7.78. The summed E-state index contributed by atoms with van der Waals surface area (Å²) in [6.07, 6.45) is -0.253. The maximum absolute atomic E-state index is 12.4. The molecule has 0 saturated carbocycles. The van der Waals surface area contributed by atoms with E-state index in [1.54, 1.807) is 6.92 Å². The second-order valence-electron chi connectivity index (χ2n) is 7.51. The molecule has 2 heterocycles. The maximum Gasteiger partial charge on any atom is 0.408 e. The number of ether oxygens (including phenoxy) is 2. The topological polar surface area (TPSA) is 92.8 Å². The SMILES string of the molecule is C[C@@H]1CN(Cc2csc(NC(=O)[C@@H](C)NC(=O)OCc3ccccc3)n2)C[C@@H](C)O1. The summed E-state index contributed by atoms with van der Waals surface area (Å²) in [4.78, 5) is 31.1. The number of carbonyl (C=O) groups is 2. The van der Waals surface area contributed by atoms with Gasteiger partial charge in [0.05, 0.1) is 17.9 Å². The first kappa shape index (κ1) is 22.2. The summed E-state index contributed by atoms with van der Waals surface area (Å²) >= 11 is 1.37. The van der Waals surface area contributed by atoms with Crippen molar-refractivity contribution in [2.45, 2.75) is 52.2 Å². The van der Waals surface area contributed by atoms with Crippen molar-refractivity contribution in [1.29, 1.82) is 0 Å². The number of anilines is 1. The minimum Gasteiger partial charge on any atom is -0.445 e. The number of morpholine rings is 1. The van der Waals surface area contributed by atoms with Crippen LogP contribution in [0.15, 0.2) is 35.7 Å². The molecule has 1 fully saturated rings. The van der Waals surface area contributed by atoms with Crippen LogP contribution < -0.4 is 10.6 Å². The van der Waals surface area contributed by atoms with Gasteiger partial charge in [-0.15, -0.1) is 11.3 Å². The molecular weight excluding hydrogens is 404 g/mol. The molecule has 3 rings (SSSR count). The Morgan fingerprint density at radius 2 is 1.97 bits per heavy atom. The Hall–Kier alpha value is -2.49. The summed E-state index contributed by atoms with van der Waals surface area (Å²) in [6.45, 7) is 8.30. The number of amides is 2. The number of alkyl carbamates (subject to hydrolysis) is 1. The molecular formula is C21H28N4O4S. The predicted octanol–water partition coefficient (Wildman–Crippen LogP) is 3.01. The number of hydrogen-bond acceptors (Lipinski definition) is 7. The Balaban J connectivity index is 1.43. The van der Waals surface area contributed by atoms with Crippen LogP contribution in [0.1, 0.15) is 32.0 Å². The van der Waals surface area contributed by atoms with Gasteiger partial charge in [0.25, 0.3) is 0 Å². The van der Waals surface area contributed by atoms with E-state index in [-0.39, 0.29) is 24.7 Å². The van der Waals surface area contributed by atoms with Crippen LogP contribution >= 0.6 is 11.3 Å². The largest absolute Gasteiger partial charge is 0.445 e. The molecule has 1 aliphatic heterocycles. The van der Waals surface area contributed by atoms with Gasteiger partial charge < -0.3 is 20.1 Å². The summed E-state index contributed by atoms with van der Waals surface area (Å²) in [7, 11) is 0. The van der Waals surface area contributed by atoms with Crippen molar-refractivity contribution in [2.24, 2.45) is 0 Å². The molecule has 2 N–H and O–H groups in total. The van der Waals surface area contributed by atoms with Crippen molar-refractivity contribution >= 4 is 28.5 Å². The maximum atomic E-state index is 12.4. The van der Waals surface area contributed by atoms with Crippen molar-refractivity contribution < 1.29 is 19.1 Å². The van der Waals surface area contributed by atoms with Crippen molar-refractivity contribution in [3.8, 4) is 0 Å². The third-order valence-corrected chi connectivity index (χ3v) is 5.41. The number of rotatable bonds is 7. The predicted molar refractivity (Wildman–Crippen MR) is 115 cm³/mol. The van der Waals surface area contributed by atoms with E-state index < -0.39 is 12.1 Å². The van der Waals surface area contributed by atoms with Gasteiger partial charge in [-0.1, -0.05) is 30.3 Å². The first-order valence-corrected chi connectivity index (χ1v) is 10.9. The molecule has 0 unspecified atom stereocenters. The van der Waals surface area contributed by atoms with Gasteiger partial charge in [-0.3, -0.25) is 9.69 Å². The van der Waals surface area contributed by atoms with Gasteiger partial charge in [-0.05, 0) is 26.3 Å². The third-order valence-electron chi connectivity index (χ3n) is 4.60. The normalized spacial score (nSPS) is 20.4. The average Bonchev–Trinajstić information content (AvgIpc) is 3.13. The lowest BCUT2D eigenvalue weighted by Crippen LogP contribution is -2.44. The molecule has 1 aliphatic rings. The molecule has 1 aromatic carbocycles. The number of aromatic nitrogens is 1. The van der Waals surface area contributed by atoms with Crippen molar-refractivity contribution in [1.82, 2.24) is 15.2 Å². The number of nitrogens with zero attached hydrogens (tertiary/aromatic N) is 2. The number of thiazole rings is 1. The first-order chi connectivity index (χ1) is 14.4. The zero-order valence-electron chi connectivity index (χ0n) is 17.5. The highest BCUT2D eigenvalue weighted by atomic mass is 32.1. The Morgan fingerprint density at radius 1 is 1.27 bits per heavy atom. The number of carbonyl (C=O) groups excluding carboxylic acids is 2. The van der Waals surface area contributed by atoms with Crippen LogP contribution in [0, 0.1) is 0 Å². The van der Waals surface area contributed by atoms with Gasteiger partial charge in [-0.25, -0.2) is 9.78 Å². The van der Waals surface area contributed by atoms with Gasteiger partial charge in [0.2, 0.25) is 5.91 Å². The zero-order valence-corrected chi connectivity index (χ0v) is 18.3. The molecule has 162 valence electrons. The molecule has 30 heavy (non-hydrogen) atoms. The second-order valence-corrected chi connectivity index (χ2v) is 8.37. The van der Waals surface area contributed by atoms with Gasteiger partial charge in [0.15, 0.2) is 5.13 Å². The molecule has 2 aromatic rings. The minimum atomic E-state index is -0.749. The van der Waals surface area contributed by atoms with Gasteiger partial charge in [0.1, 0.15) is 12.6 Å². The zero-order chi connectivity index (χ0) is 21.5. The van der Waals surface area contributed by atoms with E-state index in [2.05, 4.69) is 34.4 Å². The Morgan fingerprint density at radius 3 is 2.67 bits per heavy atom. The summed E-state index contributed by atoms with van der Waals surface area (Å²) in [5.41, 5.74) is 1.78. The van der Waals surface area contributed by atoms with Crippen LogP contribution in [-0.4, -0.2) is 53.2 Å². The summed E-state index contributed by atoms with van der Waals surface area (Å²) in [6, 6.07) is 8.61. The van der Waals surface area contributed by atoms with Crippen LogP contribution in [0.25, 0.3) is 0 Å². The molecule has 2 amide bonds. The standard InChI is InChI=1S/C21H28N4O4S/c1-14-9-25(10-15(2)29-14)11-18-13-30-20(23-18)24-19(26)16(3)22-21(27)28-12-17-7-5-4-6-8-17/h4-8,13-16H,9-12H2,1-3H3,(H,22,27)(H,23,24,26)/t14-,15-,16-/m1/s1. The van der Waals surface area contributed by atoms with Crippen LogP contribution in [0.3, 0.4) is 0 Å². The molecule has 3 atom stereocenters. The first-order valence-electron chi connectivity index (χ1n) is 9.99. The van der Waals surface area contributed by atoms with E-state index in [0.29, 0.717) is 11.7 Å². The molecule has 1 aromatic heterocycles. The quantitative estimate of drug-likeness (QED) is 0.699. The Labute approximate surface area is 180 Å². The fraction of sp³-hybridized carbons (Fsp3) is 0.476. The van der Waals surface area contributed by atoms with E-state index in [1.165, 1.54) is 11.3 Å². The lowest BCUT2D eigenvalue weighted by Gasteiger charge is -2.34. The van der Waals surface area contributed by atoms with Crippen molar-refractivity contribution in [3.05, 3.63) is 47.0 Å².